The molecule has 14 heavy (non-hydrogen) atoms. The summed E-state index contributed by atoms with van der Waals surface area (Å²) in [6.07, 6.45) is -0.625. The van der Waals surface area contributed by atoms with Gasteiger partial charge in [0.2, 0.25) is 0 Å². The highest BCUT2D eigenvalue weighted by molar-refractivity contribution is 4.71. The lowest BCUT2D eigenvalue weighted by Gasteiger charge is -2.31. The van der Waals surface area contributed by atoms with E-state index in [1.54, 1.807) is 0 Å². The Balaban J connectivity index is 3.98. The second-order valence-corrected chi connectivity index (χ2v) is 4.04. The van der Waals surface area contributed by atoms with Crippen LogP contribution in [0.25, 0.3) is 0 Å². The fourth-order valence-electron chi connectivity index (χ4n) is 1.59. The maximum Gasteiger partial charge on any atom is 0.0897 e. The van der Waals surface area contributed by atoms with Crippen LogP contribution < -0.4 is 0 Å². The van der Waals surface area contributed by atoms with Gasteiger partial charge in [0.25, 0.3) is 0 Å². The highest BCUT2D eigenvalue weighted by Gasteiger charge is 2.15. The third-order valence-electron chi connectivity index (χ3n) is 2.31. The van der Waals surface area contributed by atoms with Crippen molar-refractivity contribution in [3.63, 3.8) is 0 Å². The van der Waals surface area contributed by atoms with Crippen molar-refractivity contribution in [1.29, 1.82) is 0 Å². The molecule has 0 saturated heterocycles. The molecule has 0 aliphatic heterocycles. The first-order valence-corrected chi connectivity index (χ1v) is 5.18. The maximum atomic E-state index is 9.34. The molecule has 0 aliphatic rings. The SMILES string of the molecule is CCN(CC(O)CO)C(C)CN(C)C. The van der Waals surface area contributed by atoms with Gasteiger partial charge in [-0.2, -0.15) is 0 Å². The summed E-state index contributed by atoms with van der Waals surface area (Å²) in [5, 5.41) is 18.1. The highest BCUT2D eigenvalue weighted by Crippen LogP contribution is 2.01. The van der Waals surface area contributed by atoms with Crippen LogP contribution in [0.3, 0.4) is 0 Å². The Bertz CT molecular complexity index is 142. The zero-order valence-electron chi connectivity index (χ0n) is 9.77. The minimum atomic E-state index is -0.625. The van der Waals surface area contributed by atoms with Crippen LogP contribution in [0, 0.1) is 0 Å². The predicted octanol–water partition coefficient (Wildman–Crippen LogP) is -0.388. The third kappa shape index (κ3) is 5.54. The molecule has 0 aromatic heterocycles. The topological polar surface area (TPSA) is 46.9 Å². The van der Waals surface area contributed by atoms with Gasteiger partial charge in [-0.1, -0.05) is 6.92 Å². The highest BCUT2D eigenvalue weighted by atomic mass is 16.3. The number of hydrogen-bond donors (Lipinski definition) is 2. The van der Waals surface area contributed by atoms with Gasteiger partial charge in [0, 0.05) is 19.1 Å². The maximum absolute atomic E-state index is 9.34. The molecule has 0 rings (SSSR count). The quantitative estimate of drug-likeness (QED) is 0.593. The molecule has 4 nitrogen and oxygen atoms in total. The van der Waals surface area contributed by atoms with E-state index in [4.69, 9.17) is 5.11 Å². The molecule has 0 spiro atoms. The molecular weight excluding hydrogens is 180 g/mol. The van der Waals surface area contributed by atoms with Crippen molar-refractivity contribution in [1.82, 2.24) is 9.80 Å². The van der Waals surface area contributed by atoms with Gasteiger partial charge in [-0.3, -0.25) is 4.90 Å². The standard InChI is InChI=1S/C10H24N2O2/c1-5-12(7-10(14)8-13)9(2)6-11(3)4/h9-10,13-14H,5-8H2,1-4H3. The van der Waals surface area contributed by atoms with Crippen molar-refractivity contribution in [3.8, 4) is 0 Å². The zero-order valence-corrected chi connectivity index (χ0v) is 9.77. The Kier molecular flexibility index (Phi) is 7.09. The average molecular weight is 204 g/mol. The lowest BCUT2D eigenvalue weighted by Crippen LogP contribution is -2.44. The van der Waals surface area contributed by atoms with Gasteiger partial charge in [0.1, 0.15) is 0 Å². The summed E-state index contributed by atoms with van der Waals surface area (Å²) in [7, 11) is 4.07. The smallest absolute Gasteiger partial charge is 0.0897 e. The molecule has 0 aliphatic carbocycles. The fourth-order valence-corrected chi connectivity index (χ4v) is 1.59. The molecule has 0 aromatic carbocycles. The third-order valence-corrected chi connectivity index (χ3v) is 2.31. The minimum Gasteiger partial charge on any atom is -0.394 e. The van der Waals surface area contributed by atoms with E-state index in [1.807, 2.05) is 14.1 Å². The van der Waals surface area contributed by atoms with Crippen LogP contribution in [0.5, 0.6) is 0 Å². The normalized spacial score (nSPS) is 16.3. The molecule has 0 heterocycles. The van der Waals surface area contributed by atoms with Crippen LogP contribution in [0.15, 0.2) is 0 Å². The molecule has 2 unspecified atom stereocenters. The Morgan fingerprint density at radius 2 is 1.79 bits per heavy atom. The summed E-state index contributed by atoms with van der Waals surface area (Å²) in [6, 6.07) is 0.399. The fraction of sp³-hybridized carbons (Fsp3) is 1.00. The summed E-state index contributed by atoms with van der Waals surface area (Å²) >= 11 is 0. The Hall–Kier alpha value is -0.160. The molecule has 4 heteroatoms. The van der Waals surface area contributed by atoms with Crippen LogP contribution in [-0.4, -0.2) is 72.5 Å². The summed E-state index contributed by atoms with van der Waals surface area (Å²) < 4.78 is 0. The van der Waals surface area contributed by atoms with Crippen molar-refractivity contribution in [2.24, 2.45) is 0 Å². The predicted molar refractivity (Wildman–Crippen MR) is 58.4 cm³/mol. The van der Waals surface area contributed by atoms with E-state index in [-0.39, 0.29) is 6.61 Å². The van der Waals surface area contributed by atoms with Crippen LogP contribution in [0.4, 0.5) is 0 Å². The van der Waals surface area contributed by atoms with E-state index in [9.17, 15) is 5.11 Å². The van der Waals surface area contributed by atoms with Gasteiger partial charge in [-0.25, -0.2) is 0 Å². The molecule has 0 fully saturated rings. The number of aliphatic hydroxyl groups excluding tert-OH is 2. The first kappa shape index (κ1) is 13.8. The van der Waals surface area contributed by atoms with Crippen LogP contribution in [-0.2, 0) is 0 Å². The molecule has 0 amide bonds. The van der Waals surface area contributed by atoms with Gasteiger partial charge in [0.05, 0.1) is 12.7 Å². The van der Waals surface area contributed by atoms with Crippen molar-refractivity contribution in [2.45, 2.75) is 26.0 Å². The lowest BCUT2D eigenvalue weighted by molar-refractivity contribution is 0.0448. The van der Waals surface area contributed by atoms with Gasteiger partial charge in [-0.15, -0.1) is 0 Å². The van der Waals surface area contributed by atoms with E-state index in [2.05, 4.69) is 23.6 Å². The second kappa shape index (κ2) is 7.17. The van der Waals surface area contributed by atoms with E-state index in [0.29, 0.717) is 12.6 Å². The lowest BCUT2D eigenvalue weighted by atomic mass is 10.2. The number of rotatable bonds is 7. The molecule has 0 saturated carbocycles. The van der Waals surface area contributed by atoms with Crippen molar-refractivity contribution in [2.75, 3.05) is 40.3 Å². The molecule has 0 bridgehead atoms. The molecule has 2 atom stereocenters. The van der Waals surface area contributed by atoms with E-state index < -0.39 is 6.10 Å². The zero-order chi connectivity index (χ0) is 11.1. The van der Waals surface area contributed by atoms with Crippen molar-refractivity contribution < 1.29 is 10.2 Å². The summed E-state index contributed by atoms with van der Waals surface area (Å²) in [6.45, 7) is 6.44. The molecule has 2 N–H and O–H groups in total. The average Bonchev–Trinajstić information content (AvgIpc) is 2.12. The van der Waals surface area contributed by atoms with Gasteiger partial charge in [-0.05, 0) is 27.6 Å². The van der Waals surface area contributed by atoms with E-state index in [0.717, 1.165) is 13.1 Å². The van der Waals surface area contributed by atoms with Gasteiger partial charge < -0.3 is 15.1 Å². The number of hydrogen-bond acceptors (Lipinski definition) is 4. The number of nitrogens with zero attached hydrogens (tertiary/aromatic N) is 2. The minimum absolute atomic E-state index is 0.162. The van der Waals surface area contributed by atoms with Crippen molar-refractivity contribution >= 4 is 0 Å². The van der Waals surface area contributed by atoms with E-state index in [1.165, 1.54) is 0 Å². The molecule has 0 radical (unpaired) electrons. The second-order valence-electron chi connectivity index (χ2n) is 4.04. The Morgan fingerprint density at radius 3 is 2.14 bits per heavy atom. The first-order chi connectivity index (χ1) is 6.51. The first-order valence-electron chi connectivity index (χ1n) is 5.18. The van der Waals surface area contributed by atoms with Crippen LogP contribution in [0.1, 0.15) is 13.8 Å². The van der Waals surface area contributed by atoms with Crippen molar-refractivity contribution in [3.05, 3.63) is 0 Å². The summed E-state index contributed by atoms with van der Waals surface area (Å²) in [5.74, 6) is 0. The Labute approximate surface area is 87.1 Å². The molecule has 86 valence electrons. The monoisotopic (exact) mass is 204 g/mol. The summed E-state index contributed by atoms with van der Waals surface area (Å²) in [4.78, 5) is 4.29. The summed E-state index contributed by atoms with van der Waals surface area (Å²) in [5.41, 5.74) is 0. The van der Waals surface area contributed by atoms with E-state index >= 15 is 0 Å². The Morgan fingerprint density at radius 1 is 1.21 bits per heavy atom. The number of likely N-dealkylation sites (N-methyl/N-ethyl adjacent to an activating group) is 2. The van der Waals surface area contributed by atoms with Crippen LogP contribution in [0.2, 0.25) is 0 Å². The largest absolute Gasteiger partial charge is 0.394 e. The number of aliphatic hydroxyl groups is 2. The van der Waals surface area contributed by atoms with Gasteiger partial charge >= 0.3 is 0 Å². The van der Waals surface area contributed by atoms with Gasteiger partial charge in [0.15, 0.2) is 0 Å². The molecule has 0 aromatic rings. The van der Waals surface area contributed by atoms with Crippen LogP contribution >= 0.6 is 0 Å². The molecular formula is C10H24N2O2.